The molecule has 0 radical (unpaired) electrons. The number of benzene rings is 2. The Kier molecular flexibility index (Phi) is 6.86. The molecule has 1 saturated carbocycles. The molecule has 0 unspecified atom stereocenters. The summed E-state index contributed by atoms with van der Waals surface area (Å²) in [5.74, 6) is -0.0775. The Bertz CT molecular complexity index is 1060. The van der Waals surface area contributed by atoms with Gasteiger partial charge in [0.1, 0.15) is 0 Å². The van der Waals surface area contributed by atoms with E-state index in [0.29, 0.717) is 11.7 Å². The summed E-state index contributed by atoms with van der Waals surface area (Å²) in [5.41, 5.74) is 4.19. The molecule has 33 heavy (non-hydrogen) atoms. The van der Waals surface area contributed by atoms with Crippen molar-refractivity contribution < 1.29 is 14.3 Å². The molecule has 5 nitrogen and oxygen atoms in total. The van der Waals surface area contributed by atoms with Crippen LogP contribution in [0.25, 0.3) is 0 Å². The number of amides is 1. The van der Waals surface area contributed by atoms with Crippen molar-refractivity contribution in [1.29, 1.82) is 5.26 Å². The molecule has 1 aliphatic carbocycles. The van der Waals surface area contributed by atoms with Gasteiger partial charge in [0.2, 0.25) is 0 Å². The summed E-state index contributed by atoms with van der Waals surface area (Å²) in [5, 5.41) is 12.1. The minimum atomic E-state index is -2.21. The molecule has 2 aromatic rings. The first-order valence-electron chi connectivity index (χ1n) is 11.9. The average molecular weight is 465 g/mol. The number of nitrogens with zero attached hydrogens (tertiary/aromatic N) is 1. The normalized spacial score (nSPS) is 19.1. The molecule has 0 bridgehead atoms. The van der Waals surface area contributed by atoms with Gasteiger partial charge < -0.3 is 0 Å². The fourth-order valence-corrected chi connectivity index (χ4v) is 12.3. The van der Waals surface area contributed by atoms with Crippen molar-refractivity contribution in [3.05, 3.63) is 64.7 Å². The molecule has 1 heterocycles. The number of ether oxygens (including phenoxy) is 1. The summed E-state index contributed by atoms with van der Waals surface area (Å²) in [4.78, 5) is 26.8. The Balaban J connectivity index is 1.53. The van der Waals surface area contributed by atoms with Gasteiger partial charge in [0, 0.05) is 0 Å². The second-order valence-electron chi connectivity index (χ2n) is 9.80. The van der Waals surface area contributed by atoms with Crippen molar-refractivity contribution in [2.45, 2.75) is 57.7 Å². The molecule has 0 aromatic heterocycles. The Morgan fingerprint density at radius 2 is 1.70 bits per heavy atom. The molecule has 1 aliphatic heterocycles. The van der Waals surface area contributed by atoms with E-state index in [-0.39, 0.29) is 18.5 Å². The van der Waals surface area contributed by atoms with E-state index in [9.17, 15) is 14.9 Å². The third kappa shape index (κ3) is 4.55. The summed E-state index contributed by atoms with van der Waals surface area (Å²) in [6.07, 6.45) is 7.44. The summed E-state index contributed by atoms with van der Waals surface area (Å²) in [6, 6.07) is 15.6. The second-order valence-corrected chi connectivity index (χ2v) is 14.7. The van der Waals surface area contributed by atoms with Gasteiger partial charge in [-0.3, -0.25) is 0 Å². The molecule has 0 spiro atoms. The van der Waals surface area contributed by atoms with Crippen molar-refractivity contribution in [2.75, 3.05) is 23.8 Å². The summed E-state index contributed by atoms with van der Waals surface area (Å²) in [6.45, 7) is 4.15. The van der Waals surface area contributed by atoms with Gasteiger partial charge in [-0.05, 0) is 0 Å². The zero-order valence-corrected chi connectivity index (χ0v) is 20.6. The maximum atomic E-state index is 13.8. The summed E-state index contributed by atoms with van der Waals surface area (Å²) >= 11 is 0. The van der Waals surface area contributed by atoms with E-state index < -0.39 is 12.4 Å². The van der Waals surface area contributed by atoms with E-state index in [0.717, 1.165) is 66.8 Å². The SMILES string of the molecule is Cc1cc(C#N)cc(C)c1NC(=O)C1([PH]2(CC(=O)OCc3ccccc3)CCCC2)CCC1. The predicted octanol–water partition coefficient (Wildman–Crippen LogP) is 5.32. The summed E-state index contributed by atoms with van der Waals surface area (Å²) in [7, 11) is -2.21. The van der Waals surface area contributed by atoms with Crippen molar-refractivity contribution >= 4 is 24.8 Å². The first kappa shape index (κ1) is 23.5. The van der Waals surface area contributed by atoms with Crippen LogP contribution in [0.1, 0.15) is 54.4 Å². The third-order valence-electron chi connectivity index (χ3n) is 7.84. The molecule has 6 heteroatoms. The zero-order chi connectivity index (χ0) is 23.5. The molecule has 0 atom stereocenters. The third-order valence-corrected chi connectivity index (χ3v) is 14.2. The van der Waals surface area contributed by atoms with E-state index in [2.05, 4.69) is 11.4 Å². The van der Waals surface area contributed by atoms with Crippen molar-refractivity contribution in [2.24, 2.45) is 0 Å². The monoisotopic (exact) mass is 464 g/mol. The Hall–Kier alpha value is -2.70. The first-order valence-corrected chi connectivity index (χ1v) is 14.5. The van der Waals surface area contributed by atoms with Crippen LogP contribution in [0.5, 0.6) is 0 Å². The number of hydrogen-bond acceptors (Lipinski definition) is 4. The van der Waals surface area contributed by atoms with Crippen molar-refractivity contribution in [3.63, 3.8) is 0 Å². The van der Waals surface area contributed by atoms with Crippen molar-refractivity contribution in [3.8, 4) is 6.07 Å². The number of hydrogen-bond donors (Lipinski definition) is 1. The topological polar surface area (TPSA) is 79.2 Å². The number of carbonyl (C=O) groups is 2. The van der Waals surface area contributed by atoms with Crippen LogP contribution in [0, 0.1) is 25.2 Å². The first-order chi connectivity index (χ1) is 15.9. The van der Waals surface area contributed by atoms with Crippen LogP contribution < -0.4 is 5.32 Å². The molecule has 1 saturated heterocycles. The standard InChI is InChI=1S/C27H33N2O3P/c1-20-15-23(17-28)16-21(2)25(20)29-26(31)27(11-8-12-27)33(13-6-7-14-33)19-24(30)32-18-22-9-4-3-5-10-22/h3-5,9-10,15-16,33H,6-8,11-14,18-19H2,1-2H3,(H,29,31). The molecular weight excluding hydrogens is 431 g/mol. The number of carbonyl (C=O) groups excluding carboxylic acids is 2. The molecule has 2 aromatic carbocycles. The van der Waals surface area contributed by atoms with Crippen LogP contribution in [0.3, 0.4) is 0 Å². The number of nitriles is 1. The summed E-state index contributed by atoms with van der Waals surface area (Å²) < 4.78 is 5.67. The number of aryl methyl sites for hydroxylation is 2. The molecule has 1 amide bonds. The predicted molar refractivity (Wildman–Crippen MR) is 134 cm³/mol. The maximum absolute atomic E-state index is 13.8. The van der Waals surface area contributed by atoms with Gasteiger partial charge in [-0.1, -0.05) is 0 Å². The van der Waals surface area contributed by atoms with Crippen molar-refractivity contribution in [1.82, 2.24) is 0 Å². The van der Waals surface area contributed by atoms with E-state index in [4.69, 9.17) is 4.74 Å². The van der Waals surface area contributed by atoms with Crippen LogP contribution >= 0.6 is 7.26 Å². The fraction of sp³-hybridized carbons (Fsp3) is 0.444. The molecule has 2 fully saturated rings. The van der Waals surface area contributed by atoms with Gasteiger partial charge in [0.25, 0.3) is 0 Å². The van der Waals surface area contributed by atoms with Gasteiger partial charge in [-0.2, -0.15) is 0 Å². The zero-order valence-electron chi connectivity index (χ0n) is 19.6. The van der Waals surface area contributed by atoms with Gasteiger partial charge in [-0.25, -0.2) is 0 Å². The van der Waals surface area contributed by atoms with Gasteiger partial charge in [0.05, 0.1) is 0 Å². The van der Waals surface area contributed by atoms with Crippen LogP contribution in [0.15, 0.2) is 42.5 Å². The number of esters is 1. The number of nitrogens with one attached hydrogen (secondary N) is 1. The van der Waals surface area contributed by atoms with E-state index in [1.165, 1.54) is 0 Å². The Morgan fingerprint density at radius 1 is 1.06 bits per heavy atom. The quantitative estimate of drug-likeness (QED) is 0.444. The van der Waals surface area contributed by atoms with Gasteiger partial charge >= 0.3 is 197 Å². The van der Waals surface area contributed by atoms with Gasteiger partial charge in [0.15, 0.2) is 0 Å². The molecule has 2 aliphatic rings. The number of rotatable bonds is 7. The Labute approximate surface area is 196 Å². The molecule has 1 N–H and O–H groups in total. The second kappa shape index (κ2) is 9.65. The number of anilines is 1. The van der Waals surface area contributed by atoms with Crippen LogP contribution in [-0.4, -0.2) is 35.5 Å². The molecule has 4 rings (SSSR count). The molecule has 174 valence electrons. The van der Waals surface area contributed by atoms with E-state index >= 15 is 0 Å². The average Bonchev–Trinajstić information content (AvgIpc) is 3.23. The minimum absolute atomic E-state index is 0.0779. The molecular formula is C27H33N2O3P. The Morgan fingerprint density at radius 3 is 2.24 bits per heavy atom. The van der Waals surface area contributed by atoms with Crippen LogP contribution in [0.4, 0.5) is 5.69 Å². The van der Waals surface area contributed by atoms with Gasteiger partial charge in [-0.15, -0.1) is 0 Å². The van der Waals surface area contributed by atoms with E-state index in [1.54, 1.807) is 0 Å². The van der Waals surface area contributed by atoms with E-state index in [1.807, 2.05) is 56.3 Å². The fourth-order valence-electron chi connectivity index (χ4n) is 5.93. The van der Waals surface area contributed by atoms with Crippen LogP contribution in [-0.2, 0) is 20.9 Å². The van der Waals surface area contributed by atoms with Crippen LogP contribution in [0.2, 0.25) is 0 Å².